The number of methoxy groups -OCH3 is 1. The maximum absolute atomic E-state index is 9.57. The standard InChI is InChI=1S/C14H17ClN2O/c1-17-7-5-14(10-16,6-8-17)11-3-4-12(15)13(9-11)18-2/h3-4,9H,5-8H2,1-2H3. The Kier molecular flexibility index (Phi) is 3.79. The molecule has 1 fully saturated rings. The highest BCUT2D eigenvalue weighted by atomic mass is 35.5. The van der Waals surface area contributed by atoms with Crippen LogP contribution in [0.15, 0.2) is 18.2 Å². The van der Waals surface area contributed by atoms with Crippen molar-refractivity contribution in [3.8, 4) is 11.8 Å². The predicted molar refractivity (Wildman–Crippen MR) is 72.0 cm³/mol. The van der Waals surface area contributed by atoms with Gasteiger partial charge < -0.3 is 9.64 Å². The summed E-state index contributed by atoms with van der Waals surface area (Å²) in [6.45, 7) is 1.89. The Hall–Kier alpha value is -1.24. The summed E-state index contributed by atoms with van der Waals surface area (Å²) in [5, 5.41) is 10.2. The Bertz CT molecular complexity index is 473. The summed E-state index contributed by atoms with van der Waals surface area (Å²) in [5.41, 5.74) is 0.615. The van der Waals surface area contributed by atoms with Gasteiger partial charge >= 0.3 is 0 Å². The van der Waals surface area contributed by atoms with Gasteiger partial charge in [0.1, 0.15) is 5.75 Å². The molecule has 3 nitrogen and oxygen atoms in total. The number of piperidine rings is 1. The molecule has 96 valence electrons. The number of nitriles is 1. The topological polar surface area (TPSA) is 36.3 Å². The molecule has 0 amide bonds. The summed E-state index contributed by atoms with van der Waals surface area (Å²) in [7, 11) is 3.68. The molecule has 0 aromatic heterocycles. The van der Waals surface area contributed by atoms with Crippen molar-refractivity contribution in [3.63, 3.8) is 0 Å². The van der Waals surface area contributed by atoms with Crippen LogP contribution in [0.2, 0.25) is 5.02 Å². The van der Waals surface area contributed by atoms with Crippen LogP contribution in [0.3, 0.4) is 0 Å². The third-order valence-electron chi connectivity index (χ3n) is 3.76. The zero-order chi connectivity index (χ0) is 13.2. The molecule has 1 saturated heterocycles. The Morgan fingerprint density at radius 2 is 2.06 bits per heavy atom. The molecule has 0 aliphatic carbocycles. The second-order valence-corrected chi connectivity index (χ2v) is 5.25. The molecule has 4 heteroatoms. The average Bonchev–Trinajstić information content (AvgIpc) is 2.41. The molecular formula is C14H17ClN2O. The summed E-state index contributed by atoms with van der Waals surface area (Å²) >= 11 is 6.03. The Morgan fingerprint density at radius 3 is 2.61 bits per heavy atom. The predicted octanol–water partition coefficient (Wildman–Crippen LogP) is 2.84. The molecule has 1 aliphatic rings. The van der Waals surface area contributed by atoms with Crippen LogP contribution in [0.4, 0.5) is 0 Å². The smallest absolute Gasteiger partial charge is 0.137 e. The molecule has 0 radical (unpaired) electrons. The molecule has 18 heavy (non-hydrogen) atoms. The number of likely N-dealkylation sites (tertiary alicyclic amines) is 1. The number of hydrogen-bond acceptors (Lipinski definition) is 3. The Balaban J connectivity index is 2.36. The van der Waals surface area contributed by atoms with Crippen molar-refractivity contribution in [1.29, 1.82) is 5.26 Å². The summed E-state index contributed by atoms with van der Waals surface area (Å²) in [5.74, 6) is 0.641. The van der Waals surface area contributed by atoms with Crippen molar-refractivity contribution in [2.75, 3.05) is 27.2 Å². The number of ether oxygens (including phenoxy) is 1. The maximum atomic E-state index is 9.57. The molecule has 0 atom stereocenters. The Labute approximate surface area is 113 Å². The van der Waals surface area contributed by atoms with Gasteiger partial charge in [-0.3, -0.25) is 0 Å². The fraction of sp³-hybridized carbons (Fsp3) is 0.500. The van der Waals surface area contributed by atoms with Crippen molar-refractivity contribution >= 4 is 11.6 Å². The quantitative estimate of drug-likeness (QED) is 0.824. The van der Waals surface area contributed by atoms with E-state index in [1.54, 1.807) is 7.11 Å². The first-order chi connectivity index (χ1) is 8.61. The normalized spacial score (nSPS) is 19.2. The Morgan fingerprint density at radius 1 is 1.39 bits per heavy atom. The fourth-order valence-corrected chi connectivity index (χ4v) is 2.62. The van der Waals surface area contributed by atoms with Crippen LogP contribution < -0.4 is 4.74 Å². The minimum absolute atomic E-state index is 0.398. The van der Waals surface area contributed by atoms with E-state index in [2.05, 4.69) is 18.0 Å². The van der Waals surface area contributed by atoms with E-state index < -0.39 is 5.41 Å². The number of hydrogen-bond donors (Lipinski definition) is 0. The first-order valence-corrected chi connectivity index (χ1v) is 6.43. The number of nitrogens with zero attached hydrogens (tertiary/aromatic N) is 2. The lowest BCUT2D eigenvalue weighted by atomic mass is 9.74. The minimum Gasteiger partial charge on any atom is -0.495 e. The molecule has 0 bridgehead atoms. The van der Waals surface area contributed by atoms with E-state index in [4.69, 9.17) is 16.3 Å². The van der Waals surface area contributed by atoms with Gasteiger partial charge in [0, 0.05) is 0 Å². The molecule has 1 aliphatic heterocycles. The summed E-state index contributed by atoms with van der Waals surface area (Å²) in [4.78, 5) is 2.25. The first kappa shape index (κ1) is 13.2. The number of halogens is 1. The highest BCUT2D eigenvalue weighted by Crippen LogP contribution is 2.38. The van der Waals surface area contributed by atoms with E-state index in [9.17, 15) is 5.26 Å². The monoisotopic (exact) mass is 264 g/mol. The first-order valence-electron chi connectivity index (χ1n) is 6.05. The van der Waals surface area contributed by atoms with Crippen LogP contribution in [0.25, 0.3) is 0 Å². The van der Waals surface area contributed by atoms with E-state index in [0.29, 0.717) is 10.8 Å². The van der Waals surface area contributed by atoms with Crippen LogP contribution in [-0.4, -0.2) is 32.1 Å². The lowest BCUT2D eigenvalue weighted by Crippen LogP contribution is -2.39. The highest BCUT2D eigenvalue weighted by molar-refractivity contribution is 6.32. The van der Waals surface area contributed by atoms with Crippen LogP contribution in [-0.2, 0) is 5.41 Å². The maximum Gasteiger partial charge on any atom is 0.137 e. The molecule has 0 spiro atoms. The van der Waals surface area contributed by atoms with E-state index in [1.165, 1.54) is 0 Å². The van der Waals surface area contributed by atoms with E-state index in [-0.39, 0.29) is 0 Å². The van der Waals surface area contributed by atoms with Crippen molar-refractivity contribution in [1.82, 2.24) is 4.90 Å². The van der Waals surface area contributed by atoms with Gasteiger partial charge in [-0.05, 0) is 50.7 Å². The van der Waals surface area contributed by atoms with Gasteiger partial charge in [0.15, 0.2) is 0 Å². The molecule has 1 aromatic carbocycles. The van der Waals surface area contributed by atoms with E-state index in [1.807, 2.05) is 18.2 Å². The number of rotatable bonds is 2. The van der Waals surface area contributed by atoms with Crippen molar-refractivity contribution in [2.24, 2.45) is 0 Å². The lowest BCUT2D eigenvalue weighted by Gasteiger charge is -2.36. The van der Waals surface area contributed by atoms with E-state index >= 15 is 0 Å². The molecule has 0 saturated carbocycles. The number of benzene rings is 1. The molecule has 0 unspecified atom stereocenters. The zero-order valence-corrected chi connectivity index (χ0v) is 11.5. The summed E-state index contributed by atoms with van der Waals surface area (Å²) in [6, 6.07) is 8.16. The summed E-state index contributed by atoms with van der Waals surface area (Å²) in [6.07, 6.45) is 1.70. The SMILES string of the molecule is COc1cc(C2(C#N)CCN(C)CC2)ccc1Cl. The highest BCUT2D eigenvalue weighted by Gasteiger charge is 2.36. The van der Waals surface area contributed by atoms with Crippen LogP contribution in [0.5, 0.6) is 5.75 Å². The van der Waals surface area contributed by atoms with Gasteiger partial charge in [0.2, 0.25) is 0 Å². The molecule has 1 aromatic rings. The molecule has 0 N–H and O–H groups in total. The van der Waals surface area contributed by atoms with Gasteiger partial charge in [-0.2, -0.15) is 5.26 Å². The van der Waals surface area contributed by atoms with Gasteiger partial charge in [-0.1, -0.05) is 17.7 Å². The minimum atomic E-state index is -0.398. The van der Waals surface area contributed by atoms with Crippen LogP contribution >= 0.6 is 11.6 Å². The molecule has 1 heterocycles. The van der Waals surface area contributed by atoms with Crippen molar-refractivity contribution < 1.29 is 4.74 Å². The van der Waals surface area contributed by atoms with Gasteiger partial charge in [0.25, 0.3) is 0 Å². The lowest BCUT2D eigenvalue weighted by molar-refractivity contribution is 0.221. The third kappa shape index (κ3) is 2.31. The second kappa shape index (κ2) is 5.17. The van der Waals surface area contributed by atoms with Gasteiger partial charge in [-0.15, -0.1) is 0 Å². The van der Waals surface area contributed by atoms with Crippen molar-refractivity contribution in [3.05, 3.63) is 28.8 Å². The largest absolute Gasteiger partial charge is 0.495 e. The average molecular weight is 265 g/mol. The van der Waals surface area contributed by atoms with Crippen molar-refractivity contribution in [2.45, 2.75) is 18.3 Å². The van der Waals surface area contributed by atoms with Gasteiger partial charge in [-0.25, -0.2) is 0 Å². The fourth-order valence-electron chi connectivity index (χ4n) is 2.42. The van der Waals surface area contributed by atoms with E-state index in [0.717, 1.165) is 31.5 Å². The second-order valence-electron chi connectivity index (χ2n) is 4.85. The van der Waals surface area contributed by atoms with Crippen LogP contribution in [0, 0.1) is 11.3 Å². The third-order valence-corrected chi connectivity index (χ3v) is 4.07. The van der Waals surface area contributed by atoms with Crippen LogP contribution in [0.1, 0.15) is 18.4 Å². The zero-order valence-electron chi connectivity index (χ0n) is 10.7. The summed E-state index contributed by atoms with van der Waals surface area (Å²) < 4.78 is 5.24. The molecule has 2 rings (SSSR count). The van der Waals surface area contributed by atoms with Gasteiger partial charge in [0.05, 0.1) is 23.6 Å². The molecular weight excluding hydrogens is 248 g/mol.